The molecule has 158 valence electrons. The fourth-order valence-electron chi connectivity index (χ4n) is 2.33. The Bertz CT molecular complexity index is 1010. The molecule has 0 unspecified atom stereocenters. The number of nitrogens with zero attached hydrogens (tertiary/aromatic N) is 1. The molecule has 2 N–H and O–H groups in total. The molecule has 0 saturated heterocycles. The molecule has 0 aromatic heterocycles. The second-order valence-electron chi connectivity index (χ2n) is 5.87. The molecular weight excluding hydrogens is 481 g/mol. The first kappa shape index (κ1) is 23.0. The van der Waals surface area contributed by atoms with Gasteiger partial charge in [-0.25, -0.2) is 13.6 Å². The lowest BCUT2D eigenvalue weighted by atomic mass is 10.2. The number of methoxy groups -OCH3 is 1. The van der Waals surface area contributed by atoms with Crippen LogP contribution in [0.25, 0.3) is 0 Å². The van der Waals surface area contributed by atoms with Crippen LogP contribution in [0.5, 0.6) is 17.2 Å². The Kier molecular flexibility index (Phi) is 6.81. The summed E-state index contributed by atoms with van der Waals surface area (Å²) in [6.45, 7) is -0.570. The largest absolute Gasteiger partial charge is 0.497 e. The maximum atomic E-state index is 12.7. The Morgan fingerprint density at radius 2 is 1.72 bits per heavy atom. The fraction of sp³-hybridized carbons (Fsp3) is 0.235. The van der Waals surface area contributed by atoms with Crippen molar-refractivity contribution in [2.45, 2.75) is 17.6 Å². The van der Waals surface area contributed by atoms with Gasteiger partial charge in [0.25, 0.3) is 0 Å². The maximum Gasteiger partial charge on any atom is 0.471 e. The molecule has 2 rings (SSSR count). The Morgan fingerprint density at radius 3 is 2.21 bits per heavy atom. The van der Waals surface area contributed by atoms with Crippen molar-refractivity contribution in [2.24, 2.45) is 5.14 Å². The zero-order valence-electron chi connectivity index (χ0n) is 15.2. The van der Waals surface area contributed by atoms with E-state index in [-0.39, 0.29) is 20.7 Å². The van der Waals surface area contributed by atoms with E-state index in [9.17, 15) is 26.4 Å². The van der Waals surface area contributed by atoms with Crippen LogP contribution < -0.4 is 14.6 Å². The first-order valence-electron chi connectivity index (χ1n) is 7.82. The van der Waals surface area contributed by atoms with Crippen LogP contribution in [0, 0.1) is 0 Å². The highest BCUT2D eigenvalue weighted by molar-refractivity contribution is 9.10. The number of primary sulfonamides is 1. The van der Waals surface area contributed by atoms with E-state index in [0.29, 0.717) is 16.4 Å². The monoisotopic (exact) mass is 496 g/mol. The molecule has 0 atom stereocenters. The van der Waals surface area contributed by atoms with E-state index in [4.69, 9.17) is 14.6 Å². The number of benzene rings is 2. The number of alkyl halides is 3. The average Bonchev–Trinajstić information content (AvgIpc) is 2.61. The van der Waals surface area contributed by atoms with Gasteiger partial charge in [-0.3, -0.25) is 4.79 Å². The zero-order valence-corrected chi connectivity index (χ0v) is 17.6. The number of ether oxygens (including phenoxy) is 2. The predicted octanol–water partition coefficient (Wildman–Crippen LogP) is 3.42. The van der Waals surface area contributed by atoms with Gasteiger partial charge in [0.2, 0.25) is 10.0 Å². The second-order valence-corrected chi connectivity index (χ2v) is 8.26. The summed E-state index contributed by atoms with van der Waals surface area (Å²) < 4.78 is 72.4. The summed E-state index contributed by atoms with van der Waals surface area (Å²) in [6, 6.07) is 8.61. The third-order valence-corrected chi connectivity index (χ3v) is 5.57. The first-order valence-corrected chi connectivity index (χ1v) is 10.2. The molecule has 0 saturated carbocycles. The Hall–Kier alpha value is -2.31. The number of nitrogens with two attached hydrogens (primary N) is 1. The molecule has 0 radical (unpaired) electrons. The van der Waals surface area contributed by atoms with Crippen molar-refractivity contribution in [3.63, 3.8) is 0 Å². The van der Waals surface area contributed by atoms with Crippen LogP contribution in [0.1, 0.15) is 5.56 Å². The SMILES string of the molecule is COc1ccc(Oc2cc(Br)c(S(N)(=O)=O)cc2CN(C)C(=O)C(F)(F)F)cc1. The standard InChI is InChI=1S/C17H16BrF3N2O5S/c1-23(16(24)17(19,20)21)9-10-7-15(29(22,25)26)13(18)8-14(10)28-12-5-3-11(27-2)4-6-12/h3-8H,9H2,1-2H3,(H2,22,25,26). The summed E-state index contributed by atoms with van der Waals surface area (Å²) in [4.78, 5) is 11.5. The van der Waals surface area contributed by atoms with Gasteiger partial charge >= 0.3 is 12.1 Å². The molecule has 0 bridgehead atoms. The number of carbonyl (C=O) groups is 1. The lowest BCUT2D eigenvalue weighted by Gasteiger charge is -2.21. The minimum Gasteiger partial charge on any atom is -0.497 e. The Labute approximate surface area is 173 Å². The highest BCUT2D eigenvalue weighted by Gasteiger charge is 2.41. The van der Waals surface area contributed by atoms with Crippen LogP contribution >= 0.6 is 15.9 Å². The second kappa shape index (κ2) is 8.59. The number of amides is 1. The predicted molar refractivity (Wildman–Crippen MR) is 101 cm³/mol. The quantitative estimate of drug-likeness (QED) is 0.660. The lowest BCUT2D eigenvalue weighted by molar-refractivity contribution is -0.184. The first-order chi connectivity index (χ1) is 13.3. The van der Waals surface area contributed by atoms with Crippen molar-refractivity contribution in [1.29, 1.82) is 0 Å². The molecule has 7 nitrogen and oxygen atoms in total. The van der Waals surface area contributed by atoms with E-state index >= 15 is 0 Å². The summed E-state index contributed by atoms with van der Waals surface area (Å²) in [5.41, 5.74) is 0.00754. The number of halogens is 4. The van der Waals surface area contributed by atoms with Gasteiger partial charge in [0.05, 0.1) is 12.0 Å². The highest BCUT2D eigenvalue weighted by Crippen LogP contribution is 2.34. The molecular formula is C17H16BrF3N2O5S. The maximum absolute atomic E-state index is 12.7. The van der Waals surface area contributed by atoms with Crippen LogP contribution in [0.2, 0.25) is 0 Å². The number of hydrogen-bond acceptors (Lipinski definition) is 5. The van der Waals surface area contributed by atoms with Crippen LogP contribution in [0.3, 0.4) is 0 Å². The molecule has 2 aromatic rings. The van der Waals surface area contributed by atoms with E-state index in [0.717, 1.165) is 13.1 Å². The van der Waals surface area contributed by atoms with E-state index in [2.05, 4.69) is 15.9 Å². The molecule has 1 amide bonds. The summed E-state index contributed by atoms with van der Waals surface area (Å²) in [7, 11) is -1.77. The number of rotatable bonds is 6. The van der Waals surface area contributed by atoms with Crippen molar-refractivity contribution in [3.05, 3.63) is 46.4 Å². The van der Waals surface area contributed by atoms with Gasteiger partial charge in [-0.1, -0.05) is 0 Å². The zero-order chi connectivity index (χ0) is 22.0. The Balaban J connectivity index is 2.47. The van der Waals surface area contributed by atoms with Gasteiger partial charge < -0.3 is 14.4 Å². The Morgan fingerprint density at radius 1 is 1.17 bits per heavy atom. The molecule has 0 heterocycles. The van der Waals surface area contributed by atoms with Crippen molar-refractivity contribution in [2.75, 3.05) is 14.2 Å². The summed E-state index contributed by atoms with van der Waals surface area (Å²) >= 11 is 3.06. The van der Waals surface area contributed by atoms with Gasteiger partial charge in [0, 0.05) is 23.6 Å². The van der Waals surface area contributed by atoms with E-state index in [1.165, 1.54) is 13.2 Å². The van der Waals surface area contributed by atoms with Gasteiger partial charge in [-0.2, -0.15) is 13.2 Å². The van der Waals surface area contributed by atoms with Gasteiger partial charge in [-0.15, -0.1) is 0 Å². The molecule has 0 fully saturated rings. The summed E-state index contributed by atoms with van der Waals surface area (Å²) in [6.07, 6.45) is -5.08. The van der Waals surface area contributed by atoms with Crippen LogP contribution in [0.4, 0.5) is 13.2 Å². The molecule has 29 heavy (non-hydrogen) atoms. The molecule has 0 spiro atoms. The van der Waals surface area contributed by atoms with Crippen molar-refractivity contribution in [1.82, 2.24) is 4.90 Å². The third-order valence-electron chi connectivity index (χ3n) is 3.71. The normalized spacial score (nSPS) is 11.8. The van der Waals surface area contributed by atoms with Crippen molar-refractivity contribution in [3.8, 4) is 17.2 Å². The summed E-state index contributed by atoms with van der Waals surface area (Å²) in [5.74, 6) is -1.19. The van der Waals surface area contributed by atoms with E-state index in [1.807, 2.05) is 0 Å². The average molecular weight is 497 g/mol. The van der Waals surface area contributed by atoms with Crippen molar-refractivity contribution < 1.29 is 35.9 Å². The van der Waals surface area contributed by atoms with Crippen LogP contribution in [0.15, 0.2) is 45.8 Å². The minimum atomic E-state index is -5.08. The topological polar surface area (TPSA) is 98.9 Å². The molecule has 0 aliphatic heterocycles. The van der Waals surface area contributed by atoms with Gasteiger partial charge in [0.1, 0.15) is 17.2 Å². The van der Waals surface area contributed by atoms with E-state index < -0.39 is 28.7 Å². The fourth-order valence-corrected chi connectivity index (χ4v) is 3.96. The van der Waals surface area contributed by atoms with Crippen LogP contribution in [-0.2, 0) is 21.4 Å². The number of carbonyl (C=O) groups excluding carboxylic acids is 1. The van der Waals surface area contributed by atoms with Crippen molar-refractivity contribution >= 4 is 31.9 Å². The van der Waals surface area contributed by atoms with Gasteiger partial charge in [0.15, 0.2) is 0 Å². The molecule has 0 aliphatic rings. The highest BCUT2D eigenvalue weighted by atomic mass is 79.9. The molecule has 12 heteroatoms. The summed E-state index contributed by atoms with van der Waals surface area (Å²) in [5, 5.41) is 5.15. The lowest BCUT2D eigenvalue weighted by Crippen LogP contribution is -2.38. The van der Waals surface area contributed by atoms with E-state index in [1.54, 1.807) is 24.3 Å². The molecule has 0 aliphatic carbocycles. The number of hydrogen-bond donors (Lipinski definition) is 1. The van der Waals surface area contributed by atoms with Crippen LogP contribution in [-0.4, -0.2) is 39.6 Å². The minimum absolute atomic E-state index is 0.00754. The van der Waals surface area contributed by atoms with Gasteiger partial charge in [-0.05, 0) is 52.3 Å². The number of sulfonamides is 1. The smallest absolute Gasteiger partial charge is 0.471 e. The third kappa shape index (κ3) is 5.84. The molecule has 2 aromatic carbocycles.